The Hall–Kier alpha value is -5.12. The lowest BCUT2D eigenvalue weighted by atomic mass is 10.1. The Bertz CT molecular complexity index is 1690. The van der Waals surface area contributed by atoms with Crippen molar-refractivity contribution in [3.63, 3.8) is 0 Å². The molecule has 0 atom stereocenters. The second-order valence-electron chi connectivity index (χ2n) is 8.13. The number of carbonyl (C=O) groups is 1. The highest BCUT2D eigenvalue weighted by atomic mass is 19.1. The lowest BCUT2D eigenvalue weighted by molar-refractivity contribution is 0.0950. The second-order valence-corrected chi connectivity index (χ2v) is 8.13. The molecule has 0 radical (unpaired) electrons. The summed E-state index contributed by atoms with van der Waals surface area (Å²) in [4.78, 5) is 25.3. The first-order chi connectivity index (χ1) is 17.9. The predicted molar refractivity (Wildman–Crippen MR) is 137 cm³/mol. The maximum absolute atomic E-state index is 13.4. The molecule has 5 rings (SSSR count). The van der Waals surface area contributed by atoms with Gasteiger partial charge in [-0.15, -0.1) is 0 Å². The van der Waals surface area contributed by atoms with Crippen LogP contribution in [0, 0.1) is 12.7 Å². The second kappa shape index (κ2) is 9.86. The summed E-state index contributed by atoms with van der Waals surface area (Å²) >= 11 is 0. The molecule has 0 unspecified atom stereocenters. The third-order valence-corrected chi connectivity index (χ3v) is 5.62. The largest absolute Gasteiger partial charge is 0.438 e. The Kier molecular flexibility index (Phi) is 6.29. The number of hydrogen-bond donors (Lipinski definition) is 1. The van der Waals surface area contributed by atoms with E-state index in [9.17, 15) is 14.0 Å². The van der Waals surface area contributed by atoms with Crippen LogP contribution in [0.4, 0.5) is 4.39 Å². The van der Waals surface area contributed by atoms with Crippen molar-refractivity contribution in [3.05, 3.63) is 112 Å². The highest BCUT2D eigenvalue weighted by Crippen LogP contribution is 2.29. The summed E-state index contributed by atoms with van der Waals surface area (Å²) in [5.74, 6) is -0.238. The van der Waals surface area contributed by atoms with Gasteiger partial charge in [0.25, 0.3) is 11.5 Å². The van der Waals surface area contributed by atoms with Crippen LogP contribution in [0.5, 0.6) is 11.6 Å². The van der Waals surface area contributed by atoms with E-state index in [0.717, 1.165) is 10.4 Å². The first-order valence-corrected chi connectivity index (χ1v) is 11.3. The molecule has 9 nitrogen and oxygen atoms in total. The number of aryl methyl sites for hydroxylation is 2. The Balaban J connectivity index is 1.49. The summed E-state index contributed by atoms with van der Waals surface area (Å²) in [6, 6.07) is 21.7. The van der Waals surface area contributed by atoms with Crippen molar-refractivity contribution in [1.29, 1.82) is 0 Å². The SMILES string of the molecule is Cc1nn(-c2ccccc2)c(Oc2ccc(F)cc2)c1/C=N/NC(=O)c1nn(C)c(=O)c2ccccc12. The summed E-state index contributed by atoms with van der Waals surface area (Å²) in [7, 11) is 1.48. The highest BCUT2D eigenvalue weighted by Gasteiger charge is 2.19. The van der Waals surface area contributed by atoms with Crippen LogP contribution < -0.4 is 15.7 Å². The van der Waals surface area contributed by atoms with Crippen LogP contribution in [0.3, 0.4) is 0 Å². The Morgan fingerprint density at radius 3 is 2.38 bits per heavy atom. The van der Waals surface area contributed by atoms with Gasteiger partial charge in [0, 0.05) is 12.4 Å². The van der Waals surface area contributed by atoms with Gasteiger partial charge >= 0.3 is 0 Å². The van der Waals surface area contributed by atoms with E-state index in [0.29, 0.717) is 33.7 Å². The first-order valence-electron chi connectivity index (χ1n) is 11.3. The van der Waals surface area contributed by atoms with E-state index < -0.39 is 5.91 Å². The first kappa shape index (κ1) is 23.6. The molecule has 1 amide bonds. The summed E-state index contributed by atoms with van der Waals surface area (Å²) in [5.41, 5.74) is 4.07. The number of hydrazone groups is 1. The molecule has 1 N–H and O–H groups in total. The van der Waals surface area contributed by atoms with Crippen LogP contribution in [0.15, 0.2) is 88.8 Å². The minimum atomic E-state index is -0.586. The molecule has 5 aromatic rings. The summed E-state index contributed by atoms with van der Waals surface area (Å²) < 4.78 is 22.2. The van der Waals surface area contributed by atoms with Crippen molar-refractivity contribution in [1.82, 2.24) is 25.0 Å². The fourth-order valence-corrected chi connectivity index (χ4v) is 3.80. The van der Waals surface area contributed by atoms with Gasteiger partial charge in [-0.05, 0) is 49.4 Å². The van der Waals surface area contributed by atoms with Crippen molar-refractivity contribution in [2.45, 2.75) is 6.92 Å². The molecule has 2 aromatic heterocycles. The number of hydrogen-bond acceptors (Lipinski definition) is 6. The third kappa shape index (κ3) is 4.72. The van der Waals surface area contributed by atoms with E-state index in [1.54, 1.807) is 35.9 Å². The van der Waals surface area contributed by atoms with Crippen LogP contribution >= 0.6 is 0 Å². The smallest absolute Gasteiger partial charge is 0.292 e. The van der Waals surface area contributed by atoms with Crippen molar-refractivity contribution in [2.24, 2.45) is 12.1 Å². The summed E-state index contributed by atoms with van der Waals surface area (Å²) in [6.07, 6.45) is 1.42. The number of carbonyl (C=O) groups excluding carboxylic acids is 1. The number of para-hydroxylation sites is 1. The number of nitrogens with zero attached hydrogens (tertiary/aromatic N) is 5. The molecule has 0 saturated carbocycles. The van der Waals surface area contributed by atoms with Gasteiger partial charge in [-0.1, -0.05) is 36.4 Å². The van der Waals surface area contributed by atoms with E-state index in [4.69, 9.17) is 4.74 Å². The van der Waals surface area contributed by atoms with Gasteiger partial charge in [-0.3, -0.25) is 9.59 Å². The standard InChI is InChI=1S/C27H21FN6O3/c1-17-23(16-29-30-25(35)24-21-10-6-7-11-22(21)26(36)33(2)32-24)27(37-20-14-12-18(28)13-15-20)34(31-17)19-8-4-3-5-9-19/h3-16H,1-2H3,(H,30,35)/b29-16+. The maximum Gasteiger partial charge on any atom is 0.292 e. The number of amides is 1. The minimum Gasteiger partial charge on any atom is -0.438 e. The van der Waals surface area contributed by atoms with Gasteiger partial charge in [0.15, 0.2) is 5.69 Å². The average molecular weight is 497 g/mol. The lowest BCUT2D eigenvalue weighted by Gasteiger charge is -2.10. The zero-order valence-corrected chi connectivity index (χ0v) is 19.9. The zero-order chi connectivity index (χ0) is 25.9. The van der Waals surface area contributed by atoms with Crippen LogP contribution in [0.25, 0.3) is 16.5 Å². The van der Waals surface area contributed by atoms with Gasteiger partial charge < -0.3 is 4.74 Å². The van der Waals surface area contributed by atoms with E-state index in [1.807, 2.05) is 30.3 Å². The van der Waals surface area contributed by atoms with Crippen molar-refractivity contribution in [2.75, 3.05) is 0 Å². The van der Waals surface area contributed by atoms with Crippen LogP contribution in [0.1, 0.15) is 21.7 Å². The predicted octanol–water partition coefficient (Wildman–Crippen LogP) is 4.12. The monoisotopic (exact) mass is 496 g/mol. The fraction of sp³-hybridized carbons (Fsp3) is 0.0741. The molecule has 0 aliphatic rings. The van der Waals surface area contributed by atoms with E-state index >= 15 is 0 Å². The van der Waals surface area contributed by atoms with E-state index in [1.165, 1.54) is 37.5 Å². The van der Waals surface area contributed by atoms with Crippen molar-refractivity contribution in [3.8, 4) is 17.3 Å². The molecule has 0 aliphatic carbocycles. The van der Waals surface area contributed by atoms with Gasteiger partial charge in [0.1, 0.15) is 11.6 Å². The number of fused-ring (bicyclic) bond motifs is 1. The fourth-order valence-electron chi connectivity index (χ4n) is 3.80. The number of nitrogens with one attached hydrogen (secondary N) is 1. The van der Waals surface area contributed by atoms with Gasteiger partial charge in [0.05, 0.1) is 28.5 Å². The number of benzene rings is 3. The molecule has 10 heteroatoms. The summed E-state index contributed by atoms with van der Waals surface area (Å²) in [6.45, 7) is 1.78. The van der Waals surface area contributed by atoms with Crippen molar-refractivity contribution < 1.29 is 13.9 Å². The van der Waals surface area contributed by atoms with Crippen LogP contribution in [-0.2, 0) is 7.05 Å². The highest BCUT2D eigenvalue weighted by molar-refractivity contribution is 6.05. The molecule has 0 spiro atoms. The average Bonchev–Trinajstić information content (AvgIpc) is 3.22. The lowest BCUT2D eigenvalue weighted by Crippen LogP contribution is -2.27. The van der Waals surface area contributed by atoms with Gasteiger partial charge in [-0.25, -0.2) is 14.5 Å². The molecule has 37 heavy (non-hydrogen) atoms. The third-order valence-electron chi connectivity index (χ3n) is 5.62. The quantitative estimate of drug-likeness (QED) is 0.281. The number of rotatable bonds is 6. The number of aromatic nitrogens is 4. The molecule has 0 saturated heterocycles. The summed E-state index contributed by atoms with van der Waals surface area (Å²) in [5, 5.41) is 13.6. The zero-order valence-electron chi connectivity index (χ0n) is 19.9. The molecule has 0 bridgehead atoms. The van der Waals surface area contributed by atoms with E-state index in [-0.39, 0.29) is 17.1 Å². The number of halogens is 1. The van der Waals surface area contributed by atoms with E-state index in [2.05, 4.69) is 20.7 Å². The Morgan fingerprint density at radius 1 is 0.973 bits per heavy atom. The molecule has 3 aromatic carbocycles. The number of ether oxygens (including phenoxy) is 1. The maximum atomic E-state index is 13.4. The topological polar surface area (TPSA) is 103 Å². The molecular formula is C27H21FN6O3. The molecule has 184 valence electrons. The normalized spacial score (nSPS) is 11.2. The van der Waals surface area contributed by atoms with Crippen LogP contribution in [0.2, 0.25) is 0 Å². The van der Waals surface area contributed by atoms with Gasteiger partial charge in [-0.2, -0.15) is 20.0 Å². The molecule has 0 fully saturated rings. The van der Waals surface area contributed by atoms with Crippen molar-refractivity contribution >= 4 is 22.9 Å². The molecule has 0 aliphatic heterocycles. The molecular weight excluding hydrogens is 475 g/mol. The van der Waals surface area contributed by atoms with Crippen LogP contribution in [-0.4, -0.2) is 31.7 Å². The minimum absolute atomic E-state index is 0.0642. The Morgan fingerprint density at radius 2 is 1.65 bits per heavy atom. The van der Waals surface area contributed by atoms with Gasteiger partial charge in [0.2, 0.25) is 5.88 Å². The Labute approximate surface area is 210 Å². The molecule has 2 heterocycles.